The summed E-state index contributed by atoms with van der Waals surface area (Å²) in [6.07, 6.45) is 8.50. The van der Waals surface area contributed by atoms with E-state index in [0.29, 0.717) is 0 Å². The number of methoxy groups -OCH3 is 1. The van der Waals surface area contributed by atoms with E-state index >= 15 is 0 Å². The van der Waals surface area contributed by atoms with Gasteiger partial charge in [0, 0.05) is 11.6 Å². The molecular weight excluding hydrogens is 334 g/mol. The van der Waals surface area contributed by atoms with Crippen molar-refractivity contribution in [3.8, 4) is 5.75 Å². The van der Waals surface area contributed by atoms with E-state index in [9.17, 15) is 9.59 Å². The van der Waals surface area contributed by atoms with Crippen molar-refractivity contribution in [3.05, 3.63) is 35.9 Å². The Morgan fingerprint density at radius 1 is 1.23 bits per heavy atom. The third kappa shape index (κ3) is 11.3. The number of carbonyl (C=O) groups is 2. The van der Waals surface area contributed by atoms with E-state index in [1.165, 1.54) is 18.9 Å². The zero-order chi connectivity index (χ0) is 19.8. The Balaban J connectivity index is 0.00000110. The second kappa shape index (κ2) is 15.0. The minimum Gasteiger partial charge on any atom is -0.496 e. The number of nitrogens with two attached hydrogens (primary N) is 1. The summed E-state index contributed by atoms with van der Waals surface area (Å²) in [6.45, 7) is 3.94. The summed E-state index contributed by atoms with van der Waals surface area (Å²) in [4.78, 5) is 21.1. The lowest BCUT2D eigenvalue weighted by Crippen LogP contribution is -2.15. The first kappa shape index (κ1) is 23.7. The van der Waals surface area contributed by atoms with Crippen molar-refractivity contribution in [1.82, 2.24) is 0 Å². The minimum absolute atomic E-state index is 0.0198. The van der Waals surface area contributed by atoms with Crippen LogP contribution in [0.4, 0.5) is 0 Å². The number of unbranched alkanes of at least 4 members (excludes halogenated alkanes) is 2. The number of para-hydroxylation sites is 1. The standard InChI is InChI=1S/C18H26O3.C2H5NO2/c1-4-6-7-11-16(5-2)21-18(19)14-13-15-10-8-9-12-17(15)20-3;3-1-2(4)5/h8-10,12-14,16H,4-7,11H2,1-3H3;1,3H2,(H,4,5)/b14-13+;. The molecule has 26 heavy (non-hydrogen) atoms. The topological polar surface area (TPSA) is 98.9 Å². The highest BCUT2D eigenvalue weighted by molar-refractivity contribution is 5.87. The fourth-order valence-electron chi connectivity index (χ4n) is 2.13. The summed E-state index contributed by atoms with van der Waals surface area (Å²) in [7, 11) is 1.62. The Morgan fingerprint density at radius 2 is 1.88 bits per heavy atom. The van der Waals surface area contributed by atoms with E-state index in [1.54, 1.807) is 13.2 Å². The van der Waals surface area contributed by atoms with Crippen LogP contribution in [0, 0.1) is 0 Å². The van der Waals surface area contributed by atoms with Crippen molar-refractivity contribution in [3.63, 3.8) is 0 Å². The molecule has 1 aromatic carbocycles. The molecule has 0 fully saturated rings. The van der Waals surface area contributed by atoms with Gasteiger partial charge >= 0.3 is 11.9 Å². The van der Waals surface area contributed by atoms with Crippen LogP contribution in [0.5, 0.6) is 5.75 Å². The van der Waals surface area contributed by atoms with Crippen LogP contribution < -0.4 is 10.5 Å². The Bertz CT molecular complexity index is 557. The van der Waals surface area contributed by atoms with E-state index < -0.39 is 5.97 Å². The Kier molecular flexibility index (Phi) is 13.6. The zero-order valence-electron chi connectivity index (χ0n) is 15.9. The second-order valence-electron chi connectivity index (χ2n) is 5.64. The van der Waals surface area contributed by atoms with Crippen molar-refractivity contribution in [2.75, 3.05) is 13.7 Å². The molecule has 0 saturated heterocycles. The van der Waals surface area contributed by atoms with Gasteiger partial charge < -0.3 is 20.3 Å². The van der Waals surface area contributed by atoms with E-state index in [0.717, 1.165) is 30.6 Å². The molecule has 1 unspecified atom stereocenters. The average molecular weight is 365 g/mol. The first-order valence-corrected chi connectivity index (χ1v) is 8.91. The van der Waals surface area contributed by atoms with Crippen LogP contribution >= 0.6 is 0 Å². The summed E-state index contributed by atoms with van der Waals surface area (Å²) in [5.41, 5.74) is 5.44. The summed E-state index contributed by atoms with van der Waals surface area (Å²) in [6, 6.07) is 7.58. The average Bonchev–Trinajstić information content (AvgIpc) is 2.66. The molecule has 3 N–H and O–H groups in total. The molecule has 1 atom stereocenters. The number of esters is 1. The van der Waals surface area contributed by atoms with Crippen LogP contribution in [0.1, 0.15) is 51.5 Å². The highest BCUT2D eigenvalue weighted by atomic mass is 16.5. The van der Waals surface area contributed by atoms with E-state index in [2.05, 4.69) is 12.7 Å². The maximum atomic E-state index is 11.9. The Hall–Kier alpha value is -2.34. The number of rotatable bonds is 10. The predicted molar refractivity (Wildman–Crippen MR) is 103 cm³/mol. The SMILES string of the molecule is CCCCCC(CC)OC(=O)/C=C/c1ccccc1OC.NCC(=O)O. The first-order chi connectivity index (χ1) is 12.5. The molecule has 1 rings (SSSR count). The maximum absolute atomic E-state index is 11.9. The molecule has 0 saturated carbocycles. The Labute approximate surface area is 156 Å². The van der Waals surface area contributed by atoms with Gasteiger partial charge in [-0.05, 0) is 31.4 Å². The monoisotopic (exact) mass is 365 g/mol. The molecule has 0 radical (unpaired) electrons. The number of carboxylic acid groups (broad SMARTS) is 1. The molecule has 0 aliphatic rings. The van der Waals surface area contributed by atoms with Gasteiger partial charge in [0.1, 0.15) is 11.9 Å². The molecule has 6 nitrogen and oxygen atoms in total. The van der Waals surface area contributed by atoms with Gasteiger partial charge in [-0.1, -0.05) is 44.9 Å². The number of carbonyl (C=O) groups excluding carboxylic acids is 1. The van der Waals surface area contributed by atoms with E-state index in [1.807, 2.05) is 31.2 Å². The Morgan fingerprint density at radius 3 is 2.42 bits per heavy atom. The van der Waals surface area contributed by atoms with E-state index in [-0.39, 0.29) is 18.6 Å². The van der Waals surface area contributed by atoms with Crippen molar-refractivity contribution in [1.29, 1.82) is 0 Å². The molecule has 0 aliphatic heterocycles. The third-order valence-corrected chi connectivity index (χ3v) is 3.58. The molecule has 0 heterocycles. The maximum Gasteiger partial charge on any atom is 0.331 e. The second-order valence-corrected chi connectivity index (χ2v) is 5.64. The highest BCUT2D eigenvalue weighted by Gasteiger charge is 2.10. The number of aliphatic carboxylic acids is 1. The normalized spacial score (nSPS) is 11.4. The van der Waals surface area contributed by atoms with Crippen LogP contribution in [-0.2, 0) is 14.3 Å². The number of ether oxygens (including phenoxy) is 2. The number of benzene rings is 1. The van der Waals surface area contributed by atoms with Crippen molar-refractivity contribution >= 4 is 18.0 Å². The lowest BCUT2D eigenvalue weighted by molar-refractivity contribution is -0.143. The fraction of sp³-hybridized carbons (Fsp3) is 0.500. The molecular formula is C20H31NO5. The minimum atomic E-state index is -0.968. The number of hydrogen-bond acceptors (Lipinski definition) is 5. The van der Waals surface area contributed by atoms with Gasteiger partial charge in [-0.25, -0.2) is 4.79 Å². The number of carboxylic acids is 1. The van der Waals surface area contributed by atoms with Gasteiger partial charge in [0.05, 0.1) is 13.7 Å². The first-order valence-electron chi connectivity index (χ1n) is 8.91. The van der Waals surface area contributed by atoms with Gasteiger partial charge in [-0.3, -0.25) is 4.79 Å². The van der Waals surface area contributed by atoms with Gasteiger partial charge in [0.15, 0.2) is 0 Å². The smallest absolute Gasteiger partial charge is 0.331 e. The molecule has 6 heteroatoms. The summed E-state index contributed by atoms with van der Waals surface area (Å²) in [5.74, 6) is -0.509. The summed E-state index contributed by atoms with van der Waals surface area (Å²) >= 11 is 0. The van der Waals surface area contributed by atoms with Gasteiger partial charge in [0.25, 0.3) is 0 Å². The van der Waals surface area contributed by atoms with Crippen LogP contribution in [0.15, 0.2) is 30.3 Å². The zero-order valence-corrected chi connectivity index (χ0v) is 15.9. The largest absolute Gasteiger partial charge is 0.496 e. The lowest BCUT2D eigenvalue weighted by atomic mass is 10.1. The fourth-order valence-corrected chi connectivity index (χ4v) is 2.13. The molecule has 0 aliphatic carbocycles. The lowest BCUT2D eigenvalue weighted by Gasteiger charge is -2.14. The molecule has 0 spiro atoms. The molecule has 146 valence electrons. The van der Waals surface area contributed by atoms with Crippen LogP contribution in [0.2, 0.25) is 0 Å². The van der Waals surface area contributed by atoms with Gasteiger partial charge in [-0.2, -0.15) is 0 Å². The van der Waals surface area contributed by atoms with Crippen molar-refractivity contribution in [2.24, 2.45) is 5.73 Å². The van der Waals surface area contributed by atoms with E-state index in [4.69, 9.17) is 14.6 Å². The molecule has 1 aromatic rings. The van der Waals surface area contributed by atoms with Crippen LogP contribution in [0.3, 0.4) is 0 Å². The van der Waals surface area contributed by atoms with Crippen molar-refractivity contribution < 1.29 is 24.2 Å². The van der Waals surface area contributed by atoms with Crippen LogP contribution in [-0.4, -0.2) is 36.8 Å². The van der Waals surface area contributed by atoms with Gasteiger partial charge in [0.2, 0.25) is 0 Å². The number of hydrogen-bond donors (Lipinski definition) is 2. The quantitative estimate of drug-likeness (QED) is 0.373. The predicted octanol–water partition coefficient (Wildman–Crippen LogP) is 3.64. The van der Waals surface area contributed by atoms with Gasteiger partial charge in [-0.15, -0.1) is 0 Å². The highest BCUT2D eigenvalue weighted by Crippen LogP contribution is 2.19. The molecule has 0 bridgehead atoms. The summed E-state index contributed by atoms with van der Waals surface area (Å²) in [5, 5.41) is 7.60. The van der Waals surface area contributed by atoms with Crippen LogP contribution in [0.25, 0.3) is 6.08 Å². The van der Waals surface area contributed by atoms with Crippen molar-refractivity contribution in [2.45, 2.75) is 52.1 Å². The molecule has 0 amide bonds. The molecule has 0 aromatic heterocycles. The summed E-state index contributed by atoms with van der Waals surface area (Å²) < 4.78 is 10.7. The third-order valence-electron chi connectivity index (χ3n) is 3.58.